The summed E-state index contributed by atoms with van der Waals surface area (Å²) in [7, 11) is -16.4. The van der Waals surface area contributed by atoms with E-state index in [4.69, 9.17) is 19.5 Å². The highest BCUT2D eigenvalue weighted by atomic mass is 32.2. The molecule has 0 spiro atoms. The number of hydrogen-bond acceptors (Lipinski definition) is 19. The number of carbonyl (C=O) groups excluding carboxylic acids is 4. The maximum Gasteiger partial charge on any atom is 0.481 e. The topological polar surface area (TPSA) is 381 Å². The van der Waals surface area contributed by atoms with Gasteiger partial charge in [-0.15, -0.1) is 0 Å². The number of aromatic nitrogens is 4. The maximum absolute atomic E-state index is 12.7. The second-order valence-electron chi connectivity index (χ2n) is 14.2. The van der Waals surface area contributed by atoms with Gasteiger partial charge >= 0.3 is 23.5 Å². The third-order valence-electron chi connectivity index (χ3n) is 8.67. The van der Waals surface area contributed by atoms with Gasteiger partial charge in [0.1, 0.15) is 42.0 Å². The predicted molar refractivity (Wildman–Crippen MR) is 210 cm³/mol. The Morgan fingerprint density at radius 1 is 0.983 bits per heavy atom. The van der Waals surface area contributed by atoms with Crippen LogP contribution in [0.1, 0.15) is 78.4 Å². The standard InChI is InChI=1S/C31H52N7O18P3S/c1-4-5-6-7-8-9-19(39)14-22(41)60-13-12-33-21(40)10-11-34-29(44)26(43)31(2,3)16-53-59(50,51)56-58(48,49)52-15-20-25(55-57(45,46)47)24(42)30(54-20)38-18-37-23-27(32)35-17-36-28(23)38/h17-18,20,24-26,30,42-43H,4-16H2,1-3H3,(H,33,40)(H,34,44)(H,48,49)(H,50,51)(H2,32,35,36)(H2,45,46,47). The van der Waals surface area contributed by atoms with E-state index in [0.717, 1.165) is 61.1 Å². The monoisotopic (exact) mass is 935 g/mol. The Kier molecular flexibility index (Phi) is 19.8. The average Bonchev–Trinajstić information content (AvgIpc) is 3.71. The number of phosphoric acid groups is 3. The fourth-order valence-corrected chi connectivity index (χ4v) is 9.05. The van der Waals surface area contributed by atoms with Crippen molar-refractivity contribution in [2.75, 3.05) is 37.8 Å². The summed E-state index contributed by atoms with van der Waals surface area (Å²) >= 11 is 0.925. The van der Waals surface area contributed by atoms with E-state index < -0.39 is 84.6 Å². The van der Waals surface area contributed by atoms with Crippen LogP contribution in [-0.4, -0.2) is 128 Å². The molecule has 1 saturated heterocycles. The molecular weight excluding hydrogens is 883 g/mol. The summed E-state index contributed by atoms with van der Waals surface area (Å²) < 4.78 is 62.2. The summed E-state index contributed by atoms with van der Waals surface area (Å²) in [5.74, 6) is -1.42. The molecule has 0 saturated carbocycles. The Morgan fingerprint density at radius 2 is 1.67 bits per heavy atom. The Balaban J connectivity index is 1.42. The van der Waals surface area contributed by atoms with Crippen molar-refractivity contribution in [1.82, 2.24) is 30.2 Å². The van der Waals surface area contributed by atoms with Crippen molar-refractivity contribution in [3.8, 4) is 0 Å². The van der Waals surface area contributed by atoms with Crippen LogP contribution in [0, 0.1) is 5.41 Å². The van der Waals surface area contributed by atoms with Crippen LogP contribution in [0.15, 0.2) is 12.7 Å². The van der Waals surface area contributed by atoms with E-state index in [-0.39, 0.29) is 59.6 Å². The van der Waals surface area contributed by atoms with E-state index >= 15 is 0 Å². The molecule has 2 aromatic rings. The number of unbranched alkanes of at least 4 members (excludes halogenated alkanes) is 4. The number of thioether (sulfide) groups is 1. The molecule has 0 aliphatic carbocycles. The second-order valence-corrected chi connectivity index (χ2v) is 19.6. The normalized spacial score (nSPS) is 20.9. The molecular formula is C31H52N7O18P3S. The van der Waals surface area contributed by atoms with Gasteiger partial charge in [-0.25, -0.2) is 28.6 Å². The number of nitrogen functional groups attached to an aromatic ring is 1. The first-order valence-corrected chi connectivity index (χ1v) is 24.0. The number of nitrogens with zero attached hydrogens (tertiary/aromatic N) is 4. The van der Waals surface area contributed by atoms with E-state index in [1.54, 1.807) is 0 Å². The van der Waals surface area contributed by atoms with Crippen molar-refractivity contribution in [3.05, 3.63) is 12.7 Å². The number of carbonyl (C=O) groups is 4. The van der Waals surface area contributed by atoms with Gasteiger partial charge in [0.05, 0.1) is 26.0 Å². The fraction of sp³-hybridized carbons (Fsp3) is 0.710. The summed E-state index contributed by atoms with van der Waals surface area (Å²) in [6.45, 7) is 2.42. The number of ether oxygens (including phenoxy) is 1. The van der Waals surface area contributed by atoms with Crippen LogP contribution in [0.25, 0.3) is 11.2 Å². The number of phosphoric ester groups is 3. The lowest BCUT2D eigenvalue weighted by atomic mass is 9.87. The molecule has 3 rings (SSSR count). The van der Waals surface area contributed by atoms with Crippen LogP contribution in [0.3, 0.4) is 0 Å². The number of ketones is 1. The molecule has 7 unspecified atom stereocenters. The molecule has 2 amide bonds. The Bertz CT molecular complexity index is 1940. The van der Waals surface area contributed by atoms with Gasteiger partial charge in [-0.1, -0.05) is 58.2 Å². The molecule has 1 aliphatic rings. The number of nitrogens with one attached hydrogen (secondary N) is 2. The number of amides is 2. The molecule has 60 heavy (non-hydrogen) atoms. The van der Waals surface area contributed by atoms with E-state index in [1.807, 2.05) is 0 Å². The number of rotatable bonds is 27. The number of Topliss-reactive ketones (excluding diaryl/α,β-unsaturated/α-hetero) is 1. The Labute approximate surface area is 348 Å². The molecule has 1 aliphatic heterocycles. The minimum Gasteiger partial charge on any atom is -0.386 e. The minimum absolute atomic E-state index is 0.0253. The maximum atomic E-state index is 12.7. The number of aliphatic hydroxyl groups is 2. The molecule has 29 heteroatoms. The van der Waals surface area contributed by atoms with Gasteiger partial charge in [-0.05, 0) is 6.42 Å². The Morgan fingerprint density at radius 3 is 2.35 bits per heavy atom. The van der Waals surface area contributed by atoms with Crippen molar-refractivity contribution in [2.24, 2.45) is 5.41 Å². The summed E-state index contributed by atoms with van der Waals surface area (Å²) in [6.07, 6.45) is -1.89. The molecule has 25 nitrogen and oxygen atoms in total. The van der Waals surface area contributed by atoms with Gasteiger partial charge in [0, 0.05) is 37.1 Å². The largest absolute Gasteiger partial charge is 0.481 e. The molecule has 0 radical (unpaired) electrons. The molecule has 7 atom stereocenters. The van der Waals surface area contributed by atoms with Crippen molar-refractivity contribution < 1.29 is 85.3 Å². The quantitative estimate of drug-likeness (QED) is 0.0342. The first-order chi connectivity index (χ1) is 27.9. The molecule has 340 valence electrons. The van der Waals surface area contributed by atoms with Crippen molar-refractivity contribution >= 4 is 74.9 Å². The summed E-state index contributed by atoms with van der Waals surface area (Å²) in [4.78, 5) is 99.7. The van der Waals surface area contributed by atoms with Crippen LogP contribution in [0.2, 0.25) is 0 Å². The average molecular weight is 936 g/mol. The molecule has 0 aromatic carbocycles. The number of nitrogens with two attached hydrogens (primary N) is 1. The highest BCUT2D eigenvalue weighted by Gasteiger charge is 2.50. The van der Waals surface area contributed by atoms with Gasteiger partial charge < -0.3 is 50.9 Å². The van der Waals surface area contributed by atoms with Crippen LogP contribution in [-0.2, 0) is 55.5 Å². The lowest BCUT2D eigenvalue weighted by Crippen LogP contribution is -2.46. The third-order valence-corrected chi connectivity index (χ3v) is 12.6. The van der Waals surface area contributed by atoms with Crippen molar-refractivity contribution in [1.29, 1.82) is 0 Å². The number of anilines is 1. The lowest BCUT2D eigenvalue weighted by Gasteiger charge is -2.30. The SMILES string of the molecule is CCCCCCCC(=O)CC(=O)SCCNC(=O)CCNC(=O)C(O)C(C)(C)COP(=O)(O)OP(=O)(O)OCC1OC(n2cnc3c(N)ncnc32)C(O)C1OP(=O)(O)O. The number of hydrogen-bond donors (Lipinski definition) is 9. The number of fused-ring (bicyclic) bond motifs is 1. The van der Waals surface area contributed by atoms with Crippen molar-refractivity contribution in [2.45, 2.75) is 103 Å². The zero-order valence-electron chi connectivity index (χ0n) is 32.9. The summed E-state index contributed by atoms with van der Waals surface area (Å²) in [6, 6.07) is 0. The lowest BCUT2D eigenvalue weighted by molar-refractivity contribution is -0.137. The van der Waals surface area contributed by atoms with Crippen LogP contribution in [0.4, 0.5) is 5.82 Å². The van der Waals surface area contributed by atoms with Crippen molar-refractivity contribution in [3.63, 3.8) is 0 Å². The van der Waals surface area contributed by atoms with E-state index in [9.17, 15) is 62.7 Å². The summed E-state index contributed by atoms with van der Waals surface area (Å²) in [5, 5.41) is 26.1. The zero-order chi connectivity index (χ0) is 44.9. The van der Waals surface area contributed by atoms with E-state index in [0.29, 0.717) is 6.42 Å². The van der Waals surface area contributed by atoms with Gasteiger partial charge in [0.25, 0.3) is 0 Å². The molecule has 2 aromatic heterocycles. The third kappa shape index (κ3) is 16.8. The van der Waals surface area contributed by atoms with E-state index in [2.05, 4.69) is 41.3 Å². The smallest absolute Gasteiger partial charge is 0.386 e. The van der Waals surface area contributed by atoms with Gasteiger partial charge in [-0.2, -0.15) is 4.31 Å². The predicted octanol–water partition coefficient (Wildman–Crippen LogP) is 0.984. The Hall–Kier alpha value is -2.77. The zero-order valence-corrected chi connectivity index (χ0v) is 36.4. The molecule has 10 N–H and O–H groups in total. The van der Waals surface area contributed by atoms with Crippen LogP contribution in [0.5, 0.6) is 0 Å². The fourth-order valence-electron chi connectivity index (χ4n) is 5.52. The minimum atomic E-state index is -5.58. The van der Waals surface area contributed by atoms with Gasteiger partial charge in [0.2, 0.25) is 11.8 Å². The van der Waals surface area contributed by atoms with Crippen LogP contribution >= 0.6 is 35.2 Å². The number of imidazole rings is 1. The first kappa shape index (κ1) is 51.6. The van der Waals surface area contributed by atoms with Gasteiger partial charge in [0.15, 0.2) is 22.8 Å². The second kappa shape index (κ2) is 23.1. The first-order valence-electron chi connectivity index (χ1n) is 18.5. The van der Waals surface area contributed by atoms with E-state index in [1.165, 1.54) is 13.8 Å². The summed E-state index contributed by atoms with van der Waals surface area (Å²) in [5.41, 5.74) is 4.23. The highest BCUT2D eigenvalue weighted by Crippen LogP contribution is 2.61. The molecule has 0 bridgehead atoms. The highest BCUT2D eigenvalue weighted by molar-refractivity contribution is 8.13. The van der Waals surface area contributed by atoms with Crippen LogP contribution < -0.4 is 16.4 Å². The molecule has 1 fully saturated rings. The molecule has 3 heterocycles. The van der Waals surface area contributed by atoms with Gasteiger partial charge in [-0.3, -0.25) is 37.3 Å². The number of aliphatic hydroxyl groups excluding tert-OH is 2.